The molecule has 3 aromatic heterocycles. The molecule has 2 aliphatic heterocycles. The van der Waals surface area contributed by atoms with Crippen molar-refractivity contribution in [2.75, 3.05) is 24.6 Å². The van der Waals surface area contributed by atoms with E-state index in [0.717, 1.165) is 25.1 Å². The molecular weight excluding hydrogens is 576 g/mol. The van der Waals surface area contributed by atoms with Gasteiger partial charge in [-0.05, 0) is 50.8 Å². The first-order chi connectivity index (χ1) is 20.0. The standard InChI is InChI=1S/C28H33ClF4N8O/c1-16(28(31,32)33)9-23(19-6-7-21(29)22(30)10-19)39-11-18(3)40(12-17(39)2)25-24-26(41-15-35-37-27(41)36-25)38(14-34-24)13-20-5-4-8-42-20/h6-7,10,14-18,20,23H,4-5,8-9,11-13H2,1-3H3/t16-,17-,18+,20+,23?/m1/s1. The fourth-order valence-corrected chi connectivity index (χ4v) is 6.38. The van der Waals surface area contributed by atoms with Crippen LogP contribution in [0.4, 0.5) is 23.4 Å². The number of imidazole rings is 1. The minimum Gasteiger partial charge on any atom is -0.376 e. The Bertz CT molecular complexity index is 1570. The number of nitrogens with zero attached hydrogens (tertiary/aromatic N) is 8. The van der Waals surface area contributed by atoms with Gasteiger partial charge in [0, 0.05) is 37.8 Å². The van der Waals surface area contributed by atoms with E-state index in [9.17, 15) is 17.6 Å². The van der Waals surface area contributed by atoms with E-state index in [1.165, 1.54) is 19.1 Å². The van der Waals surface area contributed by atoms with Crippen molar-refractivity contribution in [2.45, 2.75) is 77.0 Å². The number of anilines is 1. The Kier molecular flexibility index (Phi) is 7.77. The molecule has 0 saturated carbocycles. The van der Waals surface area contributed by atoms with Crippen molar-refractivity contribution in [3.8, 4) is 0 Å². The number of hydrogen-bond donors (Lipinski definition) is 0. The van der Waals surface area contributed by atoms with Crippen LogP contribution < -0.4 is 4.90 Å². The van der Waals surface area contributed by atoms with Gasteiger partial charge in [0.05, 0.1) is 29.9 Å². The zero-order valence-electron chi connectivity index (χ0n) is 23.6. The largest absolute Gasteiger partial charge is 0.391 e. The SMILES string of the molecule is C[C@@H]1CN(c2nc3nncn3c3c2ncn3C[C@@H]2CCCO2)[C@@H](C)CN1C(C[C@@H](C)C(F)(F)F)c1ccc(Cl)c(F)c1. The van der Waals surface area contributed by atoms with Crippen molar-refractivity contribution >= 4 is 34.4 Å². The number of rotatable bonds is 7. The summed E-state index contributed by atoms with van der Waals surface area (Å²) in [5.74, 6) is -1.15. The van der Waals surface area contributed by atoms with Crippen LogP contribution in [-0.4, -0.2) is 78.1 Å². The van der Waals surface area contributed by atoms with E-state index in [1.54, 1.807) is 18.7 Å². The number of piperazine rings is 1. The number of ether oxygens (including phenoxy) is 1. The van der Waals surface area contributed by atoms with Gasteiger partial charge in [-0.3, -0.25) is 4.90 Å². The summed E-state index contributed by atoms with van der Waals surface area (Å²) >= 11 is 5.91. The maximum atomic E-state index is 14.5. The lowest BCUT2D eigenvalue weighted by atomic mass is 9.91. The smallest absolute Gasteiger partial charge is 0.376 e. The number of benzene rings is 1. The molecule has 2 aliphatic rings. The van der Waals surface area contributed by atoms with Gasteiger partial charge in [-0.25, -0.2) is 13.8 Å². The van der Waals surface area contributed by atoms with E-state index in [1.807, 2.05) is 27.7 Å². The molecule has 42 heavy (non-hydrogen) atoms. The van der Waals surface area contributed by atoms with Crippen molar-refractivity contribution in [1.29, 1.82) is 0 Å². The summed E-state index contributed by atoms with van der Waals surface area (Å²) < 4.78 is 65.3. The van der Waals surface area contributed by atoms with Crippen LogP contribution in [0.3, 0.4) is 0 Å². The van der Waals surface area contributed by atoms with E-state index in [2.05, 4.69) is 15.1 Å². The second-order valence-electron chi connectivity index (χ2n) is 11.6. The number of fused-ring (bicyclic) bond motifs is 3. The lowest BCUT2D eigenvalue weighted by Gasteiger charge is -2.48. The summed E-state index contributed by atoms with van der Waals surface area (Å²) in [6, 6.07) is 3.28. The van der Waals surface area contributed by atoms with Gasteiger partial charge >= 0.3 is 6.18 Å². The second-order valence-corrected chi connectivity index (χ2v) is 12.0. The third-order valence-electron chi connectivity index (χ3n) is 8.58. The molecule has 0 aliphatic carbocycles. The zero-order valence-corrected chi connectivity index (χ0v) is 24.4. The molecule has 0 bridgehead atoms. The Labute approximate surface area is 245 Å². The zero-order chi connectivity index (χ0) is 29.8. The number of halogens is 5. The highest BCUT2D eigenvalue weighted by Crippen LogP contribution is 2.40. The van der Waals surface area contributed by atoms with Gasteiger partial charge in [0.1, 0.15) is 17.7 Å². The highest BCUT2D eigenvalue weighted by Gasteiger charge is 2.42. The predicted octanol–water partition coefficient (Wildman–Crippen LogP) is 5.67. The molecule has 6 rings (SSSR count). The molecule has 0 spiro atoms. The van der Waals surface area contributed by atoms with Crippen LogP contribution in [0.15, 0.2) is 30.9 Å². The summed E-state index contributed by atoms with van der Waals surface area (Å²) in [5, 5.41) is 8.22. The van der Waals surface area contributed by atoms with Crippen LogP contribution in [-0.2, 0) is 11.3 Å². The highest BCUT2D eigenvalue weighted by atomic mass is 35.5. The molecule has 226 valence electrons. The van der Waals surface area contributed by atoms with Gasteiger partial charge < -0.3 is 14.2 Å². The van der Waals surface area contributed by atoms with Gasteiger partial charge in [0.25, 0.3) is 5.78 Å². The third kappa shape index (κ3) is 5.42. The topological polar surface area (TPSA) is 76.6 Å². The minimum atomic E-state index is -4.37. The van der Waals surface area contributed by atoms with Crippen molar-refractivity contribution in [3.05, 3.63) is 47.3 Å². The lowest BCUT2D eigenvalue weighted by Crippen LogP contribution is -2.58. The molecular formula is C28H33ClF4N8O. The van der Waals surface area contributed by atoms with E-state index in [-0.39, 0.29) is 29.6 Å². The molecule has 14 heteroatoms. The molecule has 1 aromatic carbocycles. The molecule has 0 N–H and O–H groups in total. The Hall–Kier alpha value is -3.03. The molecule has 0 amide bonds. The maximum Gasteiger partial charge on any atom is 0.391 e. The fraction of sp³-hybridized carbons (Fsp3) is 0.571. The van der Waals surface area contributed by atoms with E-state index in [0.29, 0.717) is 42.3 Å². The summed E-state index contributed by atoms with van der Waals surface area (Å²) in [6.45, 7) is 7.44. The summed E-state index contributed by atoms with van der Waals surface area (Å²) in [6.07, 6.45) is 0.924. The number of hydrogen-bond acceptors (Lipinski definition) is 7. The molecule has 2 saturated heterocycles. The second kappa shape index (κ2) is 11.2. The first-order valence-corrected chi connectivity index (χ1v) is 14.6. The number of alkyl halides is 3. The van der Waals surface area contributed by atoms with E-state index < -0.39 is 24.0 Å². The molecule has 0 radical (unpaired) electrons. The minimum absolute atomic E-state index is 0.0644. The quantitative estimate of drug-likeness (QED) is 0.250. The van der Waals surface area contributed by atoms with E-state index in [4.69, 9.17) is 26.3 Å². The Balaban J connectivity index is 1.33. The van der Waals surface area contributed by atoms with Gasteiger partial charge in [0.15, 0.2) is 11.5 Å². The lowest BCUT2D eigenvalue weighted by molar-refractivity contribution is -0.175. The van der Waals surface area contributed by atoms with Crippen molar-refractivity contribution in [3.63, 3.8) is 0 Å². The van der Waals surface area contributed by atoms with Gasteiger partial charge in [-0.2, -0.15) is 18.2 Å². The monoisotopic (exact) mass is 608 g/mol. The molecule has 5 atom stereocenters. The van der Waals surface area contributed by atoms with Crippen molar-refractivity contribution < 1.29 is 22.3 Å². The Morgan fingerprint density at radius 1 is 1.14 bits per heavy atom. The summed E-state index contributed by atoms with van der Waals surface area (Å²) in [5.41, 5.74) is 1.97. The predicted molar refractivity (Wildman–Crippen MR) is 150 cm³/mol. The van der Waals surface area contributed by atoms with Crippen LogP contribution >= 0.6 is 11.6 Å². The van der Waals surface area contributed by atoms with Crippen LogP contribution in [0.25, 0.3) is 16.9 Å². The van der Waals surface area contributed by atoms with Gasteiger partial charge in [-0.15, -0.1) is 10.2 Å². The summed E-state index contributed by atoms with van der Waals surface area (Å²) in [4.78, 5) is 13.7. The molecule has 2 fully saturated rings. The van der Waals surface area contributed by atoms with Crippen molar-refractivity contribution in [1.82, 2.24) is 34.0 Å². The first-order valence-electron chi connectivity index (χ1n) is 14.2. The third-order valence-corrected chi connectivity index (χ3v) is 8.89. The first kappa shape index (κ1) is 29.1. The number of aromatic nitrogens is 6. The maximum absolute atomic E-state index is 14.5. The average Bonchev–Trinajstić information content (AvgIpc) is 3.71. The average molecular weight is 609 g/mol. The van der Waals surface area contributed by atoms with Crippen LogP contribution in [0.1, 0.15) is 51.6 Å². The van der Waals surface area contributed by atoms with Crippen LogP contribution in [0.5, 0.6) is 0 Å². The molecule has 1 unspecified atom stereocenters. The van der Waals surface area contributed by atoms with Crippen LogP contribution in [0.2, 0.25) is 5.02 Å². The fourth-order valence-electron chi connectivity index (χ4n) is 6.26. The summed E-state index contributed by atoms with van der Waals surface area (Å²) in [7, 11) is 0. The Morgan fingerprint density at radius 2 is 1.95 bits per heavy atom. The van der Waals surface area contributed by atoms with Crippen LogP contribution in [0, 0.1) is 11.7 Å². The van der Waals surface area contributed by atoms with Crippen molar-refractivity contribution in [2.24, 2.45) is 5.92 Å². The van der Waals surface area contributed by atoms with E-state index >= 15 is 0 Å². The molecule has 4 aromatic rings. The Morgan fingerprint density at radius 3 is 2.67 bits per heavy atom. The highest BCUT2D eigenvalue weighted by molar-refractivity contribution is 6.30. The molecule has 9 nitrogen and oxygen atoms in total. The van der Waals surface area contributed by atoms with Gasteiger partial charge in [-0.1, -0.05) is 24.6 Å². The normalized spacial score (nSPS) is 23.7. The van der Waals surface area contributed by atoms with Gasteiger partial charge in [0.2, 0.25) is 0 Å². The molecule has 5 heterocycles.